The molecule has 0 aliphatic rings. The molecule has 5 nitrogen and oxygen atoms in total. The molecule has 0 saturated heterocycles. The fourth-order valence-electron chi connectivity index (χ4n) is 1.63. The van der Waals surface area contributed by atoms with E-state index in [0.29, 0.717) is 11.5 Å². The van der Waals surface area contributed by atoms with Crippen LogP contribution < -0.4 is 14.8 Å². The topological polar surface area (TPSA) is 74.5 Å². The predicted molar refractivity (Wildman–Crippen MR) is 72.1 cm³/mol. The van der Waals surface area contributed by atoms with Crippen molar-refractivity contribution in [1.82, 2.24) is 5.32 Å². The molecule has 0 radical (unpaired) electrons. The van der Waals surface area contributed by atoms with Gasteiger partial charge in [0.05, 0.1) is 19.8 Å². The highest BCUT2D eigenvalue weighted by molar-refractivity contribution is 5.42. The van der Waals surface area contributed by atoms with Crippen LogP contribution in [0.15, 0.2) is 18.2 Å². The molecule has 19 heavy (non-hydrogen) atoms. The monoisotopic (exact) mass is 264 g/mol. The third kappa shape index (κ3) is 4.78. The molecule has 1 aromatic rings. The van der Waals surface area contributed by atoms with Crippen LogP contribution in [0.5, 0.6) is 11.5 Å². The molecule has 0 aromatic heterocycles. The Labute approximate surface area is 113 Å². The van der Waals surface area contributed by atoms with E-state index in [1.807, 2.05) is 13.8 Å². The third-order valence-corrected chi connectivity index (χ3v) is 2.51. The summed E-state index contributed by atoms with van der Waals surface area (Å²) >= 11 is 0. The number of aliphatic hydroxyl groups excluding tert-OH is 1. The van der Waals surface area contributed by atoms with Crippen LogP contribution in [0.25, 0.3) is 0 Å². The number of nitriles is 1. The number of ether oxygens (including phenoxy) is 2. The highest BCUT2D eigenvalue weighted by Crippen LogP contribution is 2.28. The molecule has 0 amide bonds. The molecule has 0 bridgehead atoms. The fraction of sp³-hybridized carbons (Fsp3) is 0.500. The Morgan fingerprint density at radius 3 is 2.63 bits per heavy atom. The van der Waals surface area contributed by atoms with Gasteiger partial charge in [0, 0.05) is 6.04 Å². The van der Waals surface area contributed by atoms with E-state index in [4.69, 9.17) is 19.8 Å². The van der Waals surface area contributed by atoms with E-state index < -0.39 is 0 Å². The van der Waals surface area contributed by atoms with Gasteiger partial charge in [-0.25, -0.2) is 0 Å². The lowest BCUT2D eigenvalue weighted by Gasteiger charge is -2.17. The average molecular weight is 264 g/mol. The highest BCUT2D eigenvalue weighted by Gasteiger charge is 2.12. The van der Waals surface area contributed by atoms with Crippen LogP contribution in [0.1, 0.15) is 19.4 Å². The molecular weight excluding hydrogens is 244 g/mol. The van der Waals surface area contributed by atoms with E-state index in [9.17, 15) is 0 Å². The Morgan fingerprint density at radius 2 is 2.11 bits per heavy atom. The summed E-state index contributed by atoms with van der Waals surface area (Å²) in [5, 5.41) is 21.2. The van der Waals surface area contributed by atoms with Crippen molar-refractivity contribution < 1.29 is 14.6 Å². The molecular formula is C14H20N2O3. The number of benzene rings is 1. The van der Waals surface area contributed by atoms with Gasteiger partial charge in [0.25, 0.3) is 0 Å². The zero-order valence-electron chi connectivity index (χ0n) is 11.5. The van der Waals surface area contributed by atoms with Crippen LogP contribution >= 0.6 is 0 Å². The van der Waals surface area contributed by atoms with Crippen molar-refractivity contribution in [1.29, 1.82) is 5.26 Å². The normalized spacial score (nSPS) is 12.0. The van der Waals surface area contributed by atoms with Crippen molar-refractivity contribution >= 4 is 0 Å². The van der Waals surface area contributed by atoms with Gasteiger partial charge in [-0.3, -0.25) is 5.32 Å². The summed E-state index contributed by atoms with van der Waals surface area (Å²) in [7, 11) is 1.54. The SMILES string of the molecule is COc1cc(CO)ccc1OCC(C#N)NC(C)C. The molecule has 1 aromatic carbocycles. The van der Waals surface area contributed by atoms with Crippen LogP contribution in [0.3, 0.4) is 0 Å². The molecule has 1 rings (SSSR count). The summed E-state index contributed by atoms with van der Waals surface area (Å²) in [6, 6.07) is 7.19. The summed E-state index contributed by atoms with van der Waals surface area (Å²) < 4.78 is 10.8. The van der Waals surface area contributed by atoms with E-state index in [0.717, 1.165) is 5.56 Å². The number of methoxy groups -OCH3 is 1. The number of rotatable bonds is 7. The van der Waals surface area contributed by atoms with Gasteiger partial charge in [0.15, 0.2) is 11.5 Å². The lowest BCUT2D eigenvalue weighted by molar-refractivity contribution is 0.264. The largest absolute Gasteiger partial charge is 0.493 e. The van der Waals surface area contributed by atoms with Crippen LogP contribution in [0.4, 0.5) is 0 Å². The number of nitrogens with zero attached hydrogens (tertiary/aromatic N) is 1. The van der Waals surface area contributed by atoms with Crippen molar-refractivity contribution in [3.05, 3.63) is 23.8 Å². The van der Waals surface area contributed by atoms with Gasteiger partial charge >= 0.3 is 0 Å². The van der Waals surface area contributed by atoms with E-state index in [-0.39, 0.29) is 25.3 Å². The molecule has 5 heteroatoms. The van der Waals surface area contributed by atoms with Crippen LogP contribution in [0, 0.1) is 11.3 Å². The van der Waals surface area contributed by atoms with E-state index in [1.165, 1.54) is 7.11 Å². The summed E-state index contributed by atoms with van der Waals surface area (Å²) in [6.45, 7) is 4.14. The predicted octanol–water partition coefficient (Wildman–Crippen LogP) is 1.46. The van der Waals surface area contributed by atoms with Crippen molar-refractivity contribution in [3.63, 3.8) is 0 Å². The van der Waals surface area contributed by atoms with Crippen LogP contribution in [-0.4, -0.2) is 30.9 Å². The minimum absolute atomic E-state index is 0.0492. The summed E-state index contributed by atoms with van der Waals surface area (Å²) in [5.41, 5.74) is 0.751. The first-order valence-corrected chi connectivity index (χ1v) is 6.17. The first-order valence-electron chi connectivity index (χ1n) is 6.17. The molecule has 1 unspecified atom stereocenters. The van der Waals surface area contributed by atoms with Crippen molar-refractivity contribution in [2.24, 2.45) is 0 Å². The van der Waals surface area contributed by atoms with Gasteiger partial charge in [0.2, 0.25) is 0 Å². The van der Waals surface area contributed by atoms with Crippen molar-refractivity contribution in [2.45, 2.75) is 32.5 Å². The van der Waals surface area contributed by atoms with Crippen molar-refractivity contribution in [2.75, 3.05) is 13.7 Å². The standard InChI is InChI=1S/C14H20N2O3/c1-10(2)16-12(7-15)9-19-13-5-4-11(8-17)6-14(13)18-3/h4-6,10,12,16-17H,8-9H2,1-3H3. The quantitative estimate of drug-likeness (QED) is 0.780. The van der Waals surface area contributed by atoms with Gasteiger partial charge in [0.1, 0.15) is 12.6 Å². The van der Waals surface area contributed by atoms with Crippen LogP contribution in [0.2, 0.25) is 0 Å². The molecule has 104 valence electrons. The van der Waals surface area contributed by atoms with E-state index >= 15 is 0 Å². The van der Waals surface area contributed by atoms with Gasteiger partial charge < -0.3 is 14.6 Å². The molecule has 0 aliphatic heterocycles. The summed E-state index contributed by atoms with van der Waals surface area (Å²) in [5.74, 6) is 1.11. The fourth-order valence-corrected chi connectivity index (χ4v) is 1.63. The Morgan fingerprint density at radius 1 is 1.37 bits per heavy atom. The Kier molecular flexibility index (Phi) is 6.13. The average Bonchev–Trinajstić information content (AvgIpc) is 2.42. The van der Waals surface area contributed by atoms with Gasteiger partial charge in [-0.15, -0.1) is 0 Å². The first kappa shape index (κ1) is 15.3. The summed E-state index contributed by atoms with van der Waals surface area (Å²) in [6.07, 6.45) is 0. The van der Waals surface area contributed by atoms with Crippen LogP contribution in [-0.2, 0) is 6.61 Å². The lowest BCUT2D eigenvalue weighted by atomic mass is 10.2. The molecule has 1 atom stereocenters. The molecule has 0 heterocycles. The maximum Gasteiger partial charge on any atom is 0.161 e. The number of hydrogen-bond donors (Lipinski definition) is 2. The first-order chi connectivity index (χ1) is 9.10. The third-order valence-electron chi connectivity index (χ3n) is 2.51. The Bertz CT molecular complexity index is 441. The number of aliphatic hydroxyl groups is 1. The Balaban J connectivity index is 2.69. The number of nitrogens with one attached hydrogen (secondary N) is 1. The van der Waals surface area contributed by atoms with Gasteiger partial charge in [-0.05, 0) is 31.5 Å². The molecule has 0 fully saturated rings. The van der Waals surface area contributed by atoms with E-state index in [1.54, 1.807) is 18.2 Å². The van der Waals surface area contributed by atoms with Crippen molar-refractivity contribution in [3.8, 4) is 17.6 Å². The zero-order valence-corrected chi connectivity index (χ0v) is 11.5. The number of hydrogen-bond acceptors (Lipinski definition) is 5. The molecule has 0 saturated carbocycles. The van der Waals surface area contributed by atoms with Gasteiger partial charge in [-0.1, -0.05) is 6.07 Å². The second-order valence-electron chi connectivity index (χ2n) is 4.46. The maximum atomic E-state index is 9.05. The second kappa shape index (κ2) is 7.62. The highest BCUT2D eigenvalue weighted by atomic mass is 16.5. The summed E-state index contributed by atoms with van der Waals surface area (Å²) in [4.78, 5) is 0. The zero-order chi connectivity index (χ0) is 14.3. The lowest BCUT2D eigenvalue weighted by Crippen LogP contribution is -2.38. The van der Waals surface area contributed by atoms with E-state index in [2.05, 4.69) is 11.4 Å². The smallest absolute Gasteiger partial charge is 0.161 e. The molecule has 0 spiro atoms. The molecule has 2 N–H and O–H groups in total. The molecule has 0 aliphatic carbocycles. The minimum atomic E-state index is -0.373. The minimum Gasteiger partial charge on any atom is -0.493 e. The van der Waals surface area contributed by atoms with Gasteiger partial charge in [-0.2, -0.15) is 5.26 Å². The maximum absolute atomic E-state index is 9.05. The Hall–Kier alpha value is -1.77. The second-order valence-corrected chi connectivity index (χ2v) is 4.46.